The standard InChI is InChI=1S/C18H20FN3O2/c19-13-3-1-12(2-4-13)16-14(11-20-21-16)17(24)22-9-7-18(8-10-22)6-5-15(18)23/h1-4,11,15,23H,5-10H2,(H,20,21). The van der Waals surface area contributed by atoms with Crippen molar-refractivity contribution in [2.75, 3.05) is 13.1 Å². The van der Waals surface area contributed by atoms with E-state index in [2.05, 4.69) is 10.2 Å². The van der Waals surface area contributed by atoms with Crippen molar-refractivity contribution < 1.29 is 14.3 Å². The quantitative estimate of drug-likeness (QED) is 0.890. The van der Waals surface area contributed by atoms with Crippen LogP contribution < -0.4 is 0 Å². The Bertz CT molecular complexity index is 748. The maximum Gasteiger partial charge on any atom is 0.257 e. The largest absolute Gasteiger partial charge is 0.393 e. The fraction of sp³-hybridized carbons (Fsp3) is 0.444. The van der Waals surface area contributed by atoms with Gasteiger partial charge in [0.05, 0.1) is 23.6 Å². The number of benzene rings is 1. The van der Waals surface area contributed by atoms with Crippen molar-refractivity contribution in [2.45, 2.75) is 31.8 Å². The normalized spacial score (nSPS) is 22.4. The van der Waals surface area contributed by atoms with Gasteiger partial charge in [0, 0.05) is 18.7 Å². The maximum atomic E-state index is 13.1. The van der Waals surface area contributed by atoms with Gasteiger partial charge in [-0.3, -0.25) is 9.89 Å². The first kappa shape index (κ1) is 15.3. The number of halogens is 1. The van der Waals surface area contributed by atoms with Gasteiger partial charge in [-0.2, -0.15) is 5.10 Å². The highest BCUT2D eigenvalue weighted by atomic mass is 19.1. The van der Waals surface area contributed by atoms with Gasteiger partial charge in [-0.25, -0.2) is 4.39 Å². The summed E-state index contributed by atoms with van der Waals surface area (Å²) in [6.45, 7) is 1.31. The summed E-state index contributed by atoms with van der Waals surface area (Å²) in [5.41, 5.74) is 1.89. The highest BCUT2D eigenvalue weighted by Crippen LogP contribution is 2.49. The van der Waals surface area contributed by atoms with E-state index < -0.39 is 0 Å². The summed E-state index contributed by atoms with van der Waals surface area (Å²) in [6.07, 6.45) is 4.96. The molecule has 1 aromatic carbocycles. The van der Waals surface area contributed by atoms with Crippen molar-refractivity contribution >= 4 is 5.91 Å². The molecule has 2 aliphatic rings. The van der Waals surface area contributed by atoms with Gasteiger partial charge in [0.1, 0.15) is 5.82 Å². The number of likely N-dealkylation sites (tertiary alicyclic amines) is 1. The molecule has 2 fully saturated rings. The number of hydrogen-bond acceptors (Lipinski definition) is 3. The zero-order valence-electron chi connectivity index (χ0n) is 13.3. The number of piperidine rings is 1. The Morgan fingerprint density at radius 2 is 1.96 bits per heavy atom. The SMILES string of the molecule is O=C(c1cn[nH]c1-c1ccc(F)cc1)N1CCC2(CCC2O)CC1. The van der Waals surface area contributed by atoms with E-state index in [4.69, 9.17) is 0 Å². The first-order valence-electron chi connectivity index (χ1n) is 8.36. The van der Waals surface area contributed by atoms with Crippen LogP contribution in [0.1, 0.15) is 36.0 Å². The average Bonchev–Trinajstić information content (AvgIpc) is 3.10. The Balaban J connectivity index is 1.52. The summed E-state index contributed by atoms with van der Waals surface area (Å²) < 4.78 is 13.1. The van der Waals surface area contributed by atoms with Crippen molar-refractivity contribution in [3.8, 4) is 11.3 Å². The second-order valence-electron chi connectivity index (χ2n) is 6.87. The molecular weight excluding hydrogens is 309 g/mol. The lowest BCUT2D eigenvalue weighted by atomic mass is 9.61. The van der Waals surface area contributed by atoms with Crippen LogP contribution in [0.4, 0.5) is 4.39 Å². The third-order valence-electron chi connectivity index (χ3n) is 5.67. The van der Waals surface area contributed by atoms with E-state index in [0.29, 0.717) is 24.3 Å². The number of aromatic nitrogens is 2. The minimum atomic E-state index is -0.313. The Kier molecular flexibility index (Phi) is 3.64. The van der Waals surface area contributed by atoms with E-state index in [0.717, 1.165) is 31.2 Å². The molecule has 24 heavy (non-hydrogen) atoms. The Morgan fingerprint density at radius 3 is 2.54 bits per heavy atom. The summed E-state index contributed by atoms with van der Waals surface area (Å²) in [7, 11) is 0. The highest BCUT2D eigenvalue weighted by molar-refractivity contribution is 5.99. The zero-order chi connectivity index (χ0) is 16.7. The summed E-state index contributed by atoms with van der Waals surface area (Å²) in [5.74, 6) is -0.377. The van der Waals surface area contributed by atoms with E-state index >= 15 is 0 Å². The molecule has 1 atom stereocenters. The van der Waals surface area contributed by atoms with Gasteiger partial charge in [-0.1, -0.05) is 0 Å². The van der Waals surface area contributed by atoms with E-state index in [1.165, 1.54) is 18.3 Å². The van der Waals surface area contributed by atoms with Crippen LogP contribution in [0, 0.1) is 11.2 Å². The highest BCUT2D eigenvalue weighted by Gasteiger charge is 2.48. The summed E-state index contributed by atoms with van der Waals surface area (Å²) in [5, 5.41) is 16.8. The van der Waals surface area contributed by atoms with Gasteiger partial charge in [0.15, 0.2) is 0 Å². The van der Waals surface area contributed by atoms with Gasteiger partial charge < -0.3 is 10.0 Å². The lowest BCUT2D eigenvalue weighted by molar-refractivity contribution is -0.0952. The topological polar surface area (TPSA) is 69.2 Å². The predicted octanol–water partition coefficient (Wildman–Crippen LogP) is 2.59. The summed E-state index contributed by atoms with van der Waals surface area (Å²) in [6, 6.07) is 6.01. The van der Waals surface area contributed by atoms with E-state index in [1.54, 1.807) is 12.1 Å². The molecule has 2 aromatic rings. The molecule has 6 heteroatoms. The third kappa shape index (κ3) is 2.41. The molecule has 1 amide bonds. The Hall–Kier alpha value is -2.21. The smallest absolute Gasteiger partial charge is 0.257 e. The minimum Gasteiger partial charge on any atom is -0.393 e. The lowest BCUT2D eigenvalue weighted by Crippen LogP contribution is -2.53. The fourth-order valence-corrected chi connectivity index (χ4v) is 3.88. The van der Waals surface area contributed by atoms with Crippen molar-refractivity contribution in [3.63, 3.8) is 0 Å². The number of amides is 1. The molecule has 1 aromatic heterocycles. The van der Waals surface area contributed by atoms with Crippen LogP contribution in [0.15, 0.2) is 30.5 Å². The van der Waals surface area contributed by atoms with Gasteiger partial charge in [-0.05, 0) is 55.4 Å². The molecule has 1 aliphatic carbocycles. The summed E-state index contributed by atoms with van der Waals surface area (Å²) in [4.78, 5) is 14.7. The van der Waals surface area contributed by atoms with Crippen LogP contribution in [0.3, 0.4) is 0 Å². The Labute approximate surface area is 139 Å². The number of nitrogens with one attached hydrogen (secondary N) is 1. The molecule has 0 bridgehead atoms. The van der Waals surface area contributed by atoms with Crippen LogP contribution in [-0.4, -0.2) is 45.3 Å². The van der Waals surface area contributed by atoms with E-state index in [-0.39, 0.29) is 23.2 Å². The van der Waals surface area contributed by atoms with Crippen LogP contribution >= 0.6 is 0 Å². The number of aromatic amines is 1. The second-order valence-corrected chi connectivity index (χ2v) is 6.87. The zero-order valence-corrected chi connectivity index (χ0v) is 13.3. The van der Waals surface area contributed by atoms with Gasteiger partial charge in [-0.15, -0.1) is 0 Å². The number of aliphatic hydroxyl groups excluding tert-OH is 1. The first-order chi connectivity index (χ1) is 11.6. The number of carbonyl (C=O) groups excluding carboxylic acids is 1. The number of H-pyrrole nitrogens is 1. The molecule has 1 aliphatic heterocycles. The van der Waals surface area contributed by atoms with Crippen molar-refractivity contribution in [1.82, 2.24) is 15.1 Å². The molecule has 1 unspecified atom stereocenters. The van der Waals surface area contributed by atoms with Crippen molar-refractivity contribution in [1.29, 1.82) is 0 Å². The monoisotopic (exact) mass is 329 g/mol. The molecule has 0 radical (unpaired) electrons. The van der Waals surface area contributed by atoms with Crippen LogP contribution in [-0.2, 0) is 0 Å². The molecule has 1 saturated heterocycles. The van der Waals surface area contributed by atoms with Crippen molar-refractivity contribution in [3.05, 3.63) is 41.8 Å². The van der Waals surface area contributed by atoms with Crippen LogP contribution in [0.2, 0.25) is 0 Å². The van der Waals surface area contributed by atoms with Crippen LogP contribution in [0.25, 0.3) is 11.3 Å². The molecule has 126 valence electrons. The number of rotatable bonds is 2. The maximum absolute atomic E-state index is 13.1. The molecule has 5 nitrogen and oxygen atoms in total. The first-order valence-corrected chi connectivity index (χ1v) is 8.36. The molecule has 4 rings (SSSR count). The summed E-state index contributed by atoms with van der Waals surface area (Å²) >= 11 is 0. The fourth-order valence-electron chi connectivity index (χ4n) is 3.88. The number of hydrogen-bond donors (Lipinski definition) is 2. The minimum absolute atomic E-state index is 0.0347. The number of nitrogens with zero attached hydrogens (tertiary/aromatic N) is 2. The van der Waals surface area contributed by atoms with Gasteiger partial charge in [0.25, 0.3) is 5.91 Å². The van der Waals surface area contributed by atoms with Crippen LogP contribution in [0.5, 0.6) is 0 Å². The van der Waals surface area contributed by atoms with Crippen molar-refractivity contribution in [2.24, 2.45) is 5.41 Å². The molecule has 1 spiro atoms. The number of carbonyl (C=O) groups is 1. The lowest BCUT2D eigenvalue weighted by Gasteiger charge is -2.51. The van der Waals surface area contributed by atoms with E-state index in [1.807, 2.05) is 4.90 Å². The second kappa shape index (κ2) is 5.70. The molecular formula is C18H20FN3O2. The predicted molar refractivity (Wildman–Crippen MR) is 86.8 cm³/mol. The average molecular weight is 329 g/mol. The molecule has 1 saturated carbocycles. The number of aliphatic hydroxyl groups is 1. The molecule has 2 N–H and O–H groups in total. The third-order valence-corrected chi connectivity index (χ3v) is 5.67. The van der Waals surface area contributed by atoms with E-state index in [9.17, 15) is 14.3 Å². The Morgan fingerprint density at radius 1 is 1.25 bits per heavy atom. The van der Waals surface area contributed by atoms with Gasteiger partial charge in [0.2, 0.25) is 0 Å². The van der Waals surface area contributed by atoms with Gasteiger partial charge >= 0.3 is 0 Å². The molecule has 2 heterocycles.